The van der Waals surface area contributed by atoms with Crippen LogP contribution in [0.15, 0.2) is 0 Å². The van der Waals surface area contributed by atoms with Crippen molar-refractivity contribution in [2.45, 2.75) is 6.42 Å². The topological polar surface area (TPSA) is 21.3 Å². The number of hydrogen-bond acceptors (Lipinski definition) is 2. The first-order valence-electron chi connectivity index (χ1n) is 3.82. The molecule has 1 aliphatic rings. The molecule has 0 aromatic rings. The van der Waals surface area contributed by atoms with Crippen molar-refractivity contribution in [3.05, 3.63) is 0 Å². The third-order valence-electron chi connectivity index (χ3n) is 1.11. The number of rotatable bonds is 2. The number of morpholine rings is 1. The highest BCUT2D eigenvalue weighted by Gasteiger charge is 1.92. The Kier molecular flexibility index (Phi) is 11.0. The predicted octanol–water partition coefficient (Wildman–Crippen LogP) is 1.46. The van der Waals surface area contributed by atoms with Gasteiger partial charge in [-0.05, 0) is 6.42 Å². The van der Waals surface area contributed by atoms with Gasteiger partial charge in [0.25, 0.3) is 0 Å². The summed E-state index contributed by atoms with van der Waals surface area (Å²) in [6.07, 6.45) is 0.920. The van der Waals surface area contributed by atoms with Gasteiger partial charge in [-0.2, -0.15) is 0 Å². The number of halogens is 2. The van der Waals surface area contributed by atoms with Crippen LogP contribution in [0.3, 0.4) is 0 Å². The minimum absolute atomic E-state index is 0.684. The zero-order valence-electron chi connectivity index (χ0n) is 6.61. The molecular formula is C7H15Cl2NO. The molecule has 0 aromatic heterocycles. The Morgan fingerprint density at radius 1 is 1.09 bits per heavy atom. The average Bonchev–Trinajstić information content (AvgIpc) is 2.10. The van der Waals surface area contributed by atoms with E-state index in [-0.39, 0.29) is 0 Å². The number of ether oxygens (including phenoxy) is 1. The molecule has 1 fully saturated rings. The van der Waals surface area contributed by atoms with Crippen molar-refractivity contribution in [3.63, 3.8) is 0 Å². The lowest BCUT2D eigenvalue weighted by Crippen LogP contribution is -2.30. The number of nitrogens with one attached hydrogen (secondary N) is 1. The molecule has 0 saturated carbocycles. The first-order valence-corrected chi connectivity index (χ1v) is 4.89. The van der Waals surface area contributed by atoms with Crippen molar-refractivity contribution in [1.29, 1.82) is 0 Å². The molecule has 0 amide bonds. The van der Waals surface area contributed by atoms with E-state index in [1.807, 2.05) is 0 Å². The van der Waals surface area contributed by atoms with Gasteiger partial charge in [-0.25, -0.2) is 0 Å². The average molecular weight is 200 g/mol. The van der Waals surface area contributed by atoms with E-state index in [1.165, 1.54) is 0 Å². The predicted molar refractivity (Wildman–Crippen MR) is 49.7 cm³/mol. The minimum Gasteiger partial charge on any atom is -0.379 e. The molecule has 4 heteroatoms. The van der Waals surface area contributed by atoms with Crippen LogP contribution in [0.1, 0.15) is 6.42 Å². The van der Waals surface area contributed by atoms with Gasteiger partial charge in [0.05, 0.1) is 13.2 Å². The van der Waals surface area contributed by atoms with Crippen molar-refractivity contribution < 1.29 is 4.74 Å². The molecule has 0 aliphatic carbocycles. The monoisotopic (exact) mass is 199 g/mol. The van der Waals surface area contributed by atoms with Crippen LogP contribution in [-0.4, -0.2) is 38.1 Å². The van der Waals surface area contributed by atoms with Crippen LogP contribution < -0.4 is 5.32 Å². The largest absolute Gasteiger partial charge is 0.379 e. The summed E-state index contributed by atoms with van der Waals surface area (Å²) in [5.74, 6) is 1.37. The molecule has 2 nitrogen and oxygen atoms in total. The van der Waals surface area contributed by atoms with Crippen molar-refractivity contribution in [3.8, 4) is 0 Å². The summed E-state index contributed by atoms with van der Waals surface area (Å²) in [4.78, 5) is 0. The lowest BCUT2D eigenvalue weighted by Gasteiger charge is -2.10. The number of hydrogen-bond donors (Lipinski definition) is 1. The molecule has 1 N–H and O–H groups in total. The van der Waals surface area contributed by atoms with Crippen molar-refractivity contribution in [2.24, 2.45) is 0 Å². The molecule has 1 saturated heterocycles. The van der Waals surface area contributed by atoms with Crippen LogP contribution in [0, 0.1) is 0 Å². The molecule has 68 valence electrons. The fraction of sp³-hybridized carbons (Fsp3) is 1.00. The van der Waals surface area contributed by atoms with Crippen LogP contribution in [0.4, 0.5) is 0 Å². The molecule has 1 rings (SSSR count). The Labute approximate surface area is 78.2 Å². The van der Waals surface area contributed by atoms with E-state index in [1.54, 1.807) is 0 Å². The molecular weight excluding hydrogens is 185 g/mol. The second kappa shape index (κ2) is 10.5. The summed E-state index contributed by atoms with van der Waals surface area (Å²) in [7, 11) is 0. The van der Waals surface area contributed by atoms with Gasteiger partial charge in [0.2, 0.25) is 0 Å². The summed E-state index contributed by atoms with van der Waals surface area (Å²) in [5, 5.41) is 3.16. The molecule has 11 heavy (non-hydrogen) atoms. The van der Waals surface area contributed by atoms with Crippen LogP contribution in [-0.2, 0) is 4.74 Å². The molecule has 0 atom stereocenters. The van der Waals surface area contributed by atoms with E-state index < -0.39 is 0 Å². The zero-order valence-corrected chi connectivity index (χ0v) is 8.13. The van der Waals surface area contributed by atoms with Crippen molar-refractivity contribution >= 4 is 23.2 Å². The van der Waals surface area contributed by atoms with Gasteiger partial charge in [0, 0.05) is 24.8 Å². The summed E-state index contributed by atoms with van der Waals surface area (Å²) >= 11 is 10.4. The molecule has 0 bridgehead atoms. The molecule has 0 unspecified atom stereocenters. The summed E-state index contributed by atoms with van der Waals surface area (Å²) in [6, 6.07) is 0. The van der Waals surface area contributed by atoms with Gasteiger partial charge in [-0.3, -0.25) is 0 Å². The van der Waals surface area contributed by atoms with E-state index in [2.05, 4.69) is 5.32 Å². The fourth-order valence-electron chi connectivity index (χ4n) is 0.566. The highest BCUT2D eigenvalue weighted by Crippen LogP contribution is 1.84. The zero-order chi connectivity index (χ0) is 8.36. The maximum Gasteiger partial charge on any atom is 0.0591 e. The third-order valence-corrected chi connectivity index (χ3v) is 1.65. The van der Waals surface area contributed by atoms with E-state index in [4.69, 9.17) is 27.9 Å². The standard InChI is InChI=1S/C4H9NO.C3H6Cl2/c1-3-6-4-2-5-1;4-2-1-3-5/h5H,1-4H2;1-3H2. The molecule has 0 spiro atoms. The van der Waals surface area contributed by atoms with Crippen molar-refractivity contribution in [1.82, 2.24) is 5.32 Å². The summed E-state index contributed by atoms with van der Waals surface area (Å²) < 4.78 is 5.01. The van der Waals surface area contributed by atoms with Gasteiger partial charge in [0.15, 0.2) is 0 Å². The Bertz CT molecular complexity index is 56.0. The third kappa shape index (κ3) is 10.5. The summed E-state index contributed by atoms with van der Waals surface area (Å²) in [6.45, 7) is 3.83. The normalized spacial score (nSPS) is 16.9. The molecule has 0 aromatic carbocycles. The van der Waals surface area contributed by atoms with Crippen LogP contribution in [0.25, 0.3) is 0 Å². The Morgan fingerprint density at radius 3 is 1.73 bits per heavy atom. The fourth-order valence-corrected chi connectivity index (χ4v) is 0.970. The second-order valence-corrected chi connectivity index (χ2v) is 2.85. The van der Waals surface area contributed by atoms with Crippen LogP contribution in [0.2, 0.25) is 0 Å². The first-order chi connectivity index (χ1) is 5.41. The Morgan fingerprint density at radius 2 is 1.64 bits per heavy atom. The minimum atomic E-state index is 0.684. The van der Waals surface area contributed by atoms with Gasteiger partial charge >= 0.3 is 0 Å². The van der Waals surface area contributed by atoms with E-state index in [9.17, 15) is 0 Å². The Hall–Kier alpha value is 0.500. The quantitative estimate of drug-likeness (QED) is 0.681. The molecule has 1 aliphatic heterocycles. The molecule has 0 radical (unpaired) electrons. The lowest BCUT2D eigenvalue weighted by molar-refractivity contribution is 0.109. The smallest absolute Gasteiger partial charge is 0.0591 e. The van der Waals surface area contributed by atoms with Gasteiger partial charge in [-0.15, -0.1) is 23.2 Å². The Balaban J connectivity index is 0.000000187. The SMILES string of the molecule is C1COCCN1.ClCCCCl. The van der Waals surface area contributed by atoms with Gasteiger partial charge in [0.1, 0.15) is 0 Å². The van der Waals surface area contributed by atoms with E-state index in [0.717, 1.165) is 32.7 Å². The second-order valence-electron chi connectivity index (χ2n) is 2.09. The van der Waals surface area contributed by atoms with E-state index in [0.29, 0.717) is 11.8 Å². The summed E-state index contributed by atoms with van der Waals surface area (Å²) in [5.41, 5.74) is 0. The van der Waals surface area contributed by atoms with Crippen LogP contribution >= 0.6 is 23.2 Å². The van der Waals surface area contributed by atoms with Gasteiger partial charge < -0.3 is 10.1 Å². The van der Waals surface area contributed by atoms with Crippen LogP contribution in [0.5, 0.6) is 0 Å². The van der Waals surface area contributed by atoms with Gasteiger partial charge in [-0.1, -0.05) is 0 Å². The maximum atomic E-state index is 5.22. The highest BCUT2D eigenvalue weighted by atomic mass is 35.5. The van der Waals surface area contributed by atoms with E-state index >= 15 is 0 Å². The molecule has 1 heterocycles. The number of alkyl halides is 2. The first kappa shape index (κ1) is 11.5. The maximum absolute atomic E-state index is 5.22. The highest BCUT2D eigenvalue weighted by molar-refractivity contribution is 6.20. The lowest BCUT2D eigenvalue weighted by atomic mass is 10.5. The van der Waals surface area contributed by atoms with Crippen molar-refractivity contribution in [2.75, 3.05) is 38.1 Å².